The summed E-state index contributed by atoms with van der Waals surface area (Å²) in [6, 6.07) is 6.69. The van der Waals surface area contributed by atoms with Crippen LogP contribution in [0.2, 0.25) is 5.28 Å². The molecule has 0 N–H and O–H groups in total. The molecule has 1 aromatic carbocycles. The maximum atomic E-state index is 13.3. The minimum atomic E-state index is -0.238. The molecule has 0 unspecified atom stereocenters. The van der Waals surface area contributed by atoms with E-state index in [0.717, 1.165) is 35.7 Å². The predicted octanol–water partition coefficient (Wildman–Crippen LogP) is 3.27. The molecular formula is C13H11ClFN3. The number of anilines is 2. The van der Waals surface area contributed by atoms with Gasteiger partial charge < -0.3 is 4.90 Å². The Morgan fingerprint density at radius 3 is 2.89 bits per heavy atom. The van der Waals surface area contributed by atoms with Crippen molar-refractivity contribution in [2.45, 2.75) is 13.3 Å². The lowest BCUT2D eigenvalue weighted by molar-refractivity contribution is 0.628. The third-order valence-corrected chi connectivity index (χ3v) is 3.20. The van der Waals surface area contributed by atoms with Crippen LogP contribution in [-0.4, -0.2) is 16.5 Å². The molecule has 1 aromatic heterocycles. The van der Waals surface area contributed by atoms with Crippen molar-refractivity contribution < 1.29 is 4.39 Å². The van der Waals surface area contributed by atoms with Crippen LogP contribution in [0.5, 0.6) is 0 Å². The highest BCUT2D eigenvalue weighted by atomic mass is 35.5. The van der Waals surface area contributed by atoms with E-state index in [9.17, 15) is 4.39 Å². The molecule has 18 heavy (non-hydrogen) atoms. The molecule has 2 heterocycles. The fourth-order valence-corrected chi connectivity index (χ4v) is 2.46. The van der Waals surface area contributed by atoms with Gasteiger partial charge in [-0.25, -0.2) is 14.4 Å². The number of halogens is 2. The van der Waals surface area contributed by atoms with E-state index in [0.29, 0.717) is 0 Å². The number of hydrogen-bond acceptors (Lipinski definition) is 3. The van der Waals surface area contributed by atoms with E-state index in [4.69, 9.17) is 11.6 Å². The number of fused-ring (bicyclic) bond motifs is 1. The normalized spacial score (nSPS) is 13.8. The maximum absolute atomic E-state index is 13.3. The highest BCUT2D eigenvalue weighted by Gasteiger charge is 2.22. The summed E-state index contributed by atoms with van der Waals surface area (Å²) in [6.45, 7) is 2.64. The van der Waals surface area contributed by atoms with Gasteiger partial charge in [-0.05, 0) is 42.6 Å². The third-order valence-electron chi connectivity index (χ3n) is 3.03. The van der Waals surface area contributed by atoms with E-state index in [1.165, 1.54) is 12.1 Å². The van der Waals surface area contributed by atoms with E-state index < -0.39 is 0 Å². The molecule has 0 atom stereocenters. The van der Waals surface area contributed by atoms with E-state index >= 15 is 0 Å². The predicted molar refractivity (Wildman–Crippen MR) is 68.9 cm³/mol. The number of aromatic nitrogens is 2. The maximum Gasteiger partial charge on any atom is 0.224 e. The zero-order valence-electron chi connectivity index (χ0n) is 9.82. The van der Waals surface area contributed by atoms with Crippen molar-refractivity contribution in [1.29, 1.82) is 0 Å². The van der Waals surface area contributed by atoms with Crippen molar-refractivity contribution in [3.05, 3.63) is 46.6 Å². The molecule has 0 fully saturated rings. The summed E-state index contributed by atoms with van der Waals surface area (Å²) in [6.07, 6.45) is 0.885. The first-order valence-corrected chi connectivity index (χ1v) is 6.08. The quantitative estimate of drug-likeness (QED) is 0.740. The summed E-state index contributed by atoms with van der Waals surface area (Å²) in [5.74, 6) is 0.481. The van der Waals surface area contributed by atoms with Gasteiger partial charge in [0.25, 0.3) is 0 Å². The van der Waals surface area contributed by atoms with Gasteiger partial charge in [0.05, 0.1) is 0 Å². The van der Waals surface area contributed by atoms with E-state index in [-0.39, 0.29) is 11.1 Å². The van der Waals surface area contributed by atoms with E-state index in [1.54, 1.807) is 0 Å². The topological polar surface area (TPSA) is 29.0 Å². The van der Waals surface area contributed by atoms with Crippen LogP contribution in [-0.2, 0) is 6.42 Å². The van der Waals surface area contributed by atoms with Gasteiger partial charge >= 0.3 is 0 Å². The van der Waals surface area contributed by atoms with Crippen molar-refractivity contribution >= 4 is 23.1 Å². The van der Waals surface area contributed by atoms with Crippen molar-refractivity contribution in [2.75, 3.05) is 11.4 Å². The van der Waals surface area contributed by atoms with Crippen molar-refractivity contribution in [3.63, 3.8) is 0 Å². The smallest absolute Gasteiger partial charge is 0.224 e. The molecule has 5 heteroatoms. The molecule has 0 amide bonds. The van der Waals surface area contributed by atoms with Crippen LogP contribution in [0.1, 0.15) is 11.3 Å². The SMILES string of the molecule is Cc1cc(N2CCc3ccc(F)cc32)nc(Cl)n1. The van der Waals surface area contributed by atoms with Crippen LogP contribution >= 0.6 is 11.6 Å². The lowest BCUT2D eigenvalue weighted by Crippen LogP contribution is -2.15. The Hall–Kier alpha value is -1.68. The third kappa shape index (κ3) is 1.93. The molecule has 92 valence electrons. The van der Waals surface area contributed by atoms with Crippen molar-refractivity contribution in [2.24, 2.45) is 0 Å². The lowest BCUT2D eigenvalue weighted by Gasteiger charge is -2.18. The second-order valence-corrected chi connectivity index (χ2v) is 4.65. The van der Waals surface area contributed by atoms with Gasteiger partial charge in [0, 0.05) is 24.0 Å². The van der Waals surface area contributed by atoms with Gasteiger partial charge in [0.2, 0.25) is 5.28 Å². The summed E-state index contributed by atoms with van der Waals surface area (Å²) in [7, 11) is 0. The van der Waals surface area contributed by atoms with Crippen LogP contribution in [0.15, 0.2) is 24.3 Å². The second-order valence-electron chi connectivity index (χ2n) is 4.31. The highest BCUT2D eigenvalue weighted by molar-refractivity contribution is 6.28. The van der Waals surface area contributed by atoms with Gasteiger partial charge in [0.15, 0.2) is 0 Å². The molecule has 0 radical (unpaired) electrons. The highest BCUT2D eigenvalue weighted by Crippen LogP contribution is 2.34. The second kappa shape index (κ2) is 4.21. The monoisotopic (exact) mass is 263 g/mol. The van der Waals surface area contributed by atoms with E-state index in [2.05, 4.69) is 9.97 Å². The summed E-state index contributed by atoms with van der Waals surface area (Å²) in [5.41, 5.74) is 2.79. The Morgan fingerprint density at radius 2 is 2.11 bits per heavy atom. The van der Waals surface area contributed by atoms with Crippen molar-refractivity contribution in [3.8, 4) is 0 Å². The first kappa shape index (κ1) is 11.4. The Labute approximate surface area is 109 Å². The molecule has 1 aliphatic heterocycles. The van der Waals surface area contributed by atoms with Crippen LogP contribution in [0, 0.1) is 12.7 Å². The summed E-state index contributed by atoms with van der Waals surface area (Å²) < 4.78 is 13.3. The first-order chi connectivity index (χ1) is 8.63. The van der Waals surface area contributed by atoms with Crippen LogP contribution < -0.4 is 4.90 Å². The Kier molecular flexibility index (Phi) is 2.67. The van der Waals surface area contributed by atoms with Crippen LogP contribution in [0.25, 0.3) is 0 Å². The minimum absolute atomic E-state index is 0.217. The van der Waals surface area contributed by atoms with Gasteiger partial charge in [-0.2, -0.15) is 0 Å². The number of nitrogens with zero attached hydrogens (tertiary/aromatic N) is 3. The largest absolute Gasteiger partial charge is 0.326 e. The molecule has 0 saturated heterocycles. The fraction of sp³-hybridized carbons (Fsp3) is 0.231. The minimum Gasteiger partial charge on any atom is -0.326 e. The van der Waals surface area contributed by atoms with Gasteiger partial charge in [0.1, 0.15) is 11.6 Å². The summed E-state index contributed by atoms with van der Waals surface area (Å²) in [5, 5.41) is 0.217. The number of benzene rings is 1. The van der Waals surface area contributed by atoms with Gasteiger partial charge in [-0.1, -0.05) is 6.07 Å². The molecular weight excluding hydrogens is 253 g/mol. The molecule has 0 bridgehead atoms. The number of rotatable bonds is 1. The molecule has 3 nitrogen and oxygen atoms in total. The molecule has 0 aliphatic carbocycles. The fourth-order valence-electron chi connectivity index (χ4n) is 2.25. The van der Waals surface area contributed by atoms with Crippen molar-refractivity contribution in [1.82, 2.24) is 9.97 Å². The molecule has 0 spiro atoms. The van der Waals surface area contributed by atoms with Crippen LogP contribution in [0.4, 0.5) is 15.9 Å². The Morgan fingerprint density at radius 1 is 1.28 bits per heavy atom. The lowest BCUT2D eigenvalue weighted by atomic mass is 10.2. The van der Waals surface area contributed by atoms with E-state index in [1.807, 2.05) is 24.0 Å². The number of aryl methyl sites for hydroxylation is 1. The molecule has 3 rings (SSSR count). The average molecular weight is 264 g/mol. The average Bonchev–Trinajstić information content (AvgIpc) is 2.70. The Bertz CT molecular complexity index is 595. The Balaban J connectivity index is 2.08. The zero-order chi connectivity index (χ0) is 12.7. The zero-order valence-corrected chi connectivity index (χ0v) is 10.6. The molecule has 0 saturated carbocycles. The molecule has 2 aromatic rings. The molecule has 1 aliphatic rings. The van der Waals surface area contributed by atoms with Crippen LogP contribution in [0.3, 0.4) is 0 Å². The first-order valence-electron chi connectivity index (χ1n) is 5.70. The van der Waals surface area contributed by atoms with Gasteiger partial charge in [-0.15, -0.1) is 0 Å². The number of hydrogen-bond donors (Lipinski definition) is 0. The standard InChI is InChI=1S/C13H11ClFN3/c1-8-6-12(17-13(14)16-8)18-5-4-9-2-3-10(15)7-11(9)18/h2-3,6-7H,4-5H2,1H3. The summed E-state index contributed by atoms with van der Waals surface area (Å²) in [4.78, 5) is 10.2. The van der Waals surface area contributed by atoms with Gasteiger partial charge in [-0.3, -0.25) is 0 Å². The summed E-state index contributed by atoms with van der Waals surface area (Å²) >= 11 is 5.86.